The van der Waals surface area contributed by atoms with Gasteiger partial charge >= 0.3 is 0 Å². The van der Waals surface area contributed by atoms with Crippen molar-refractivity contribution in [2.24, 2.45) is 0 Å². The largest absolute Gasteiger partial charge is 0.383 e. The van der Waals surface area contributed by atoms with Crippen molar-refractivity contribution in [3.8, 4) is 0 Å². The van der Waals surface area contributed by atoms with Gasteiger partial charge in [0.1, 0.15) is 0 Å². The summed E-state index contributed by atoms with van der Waals surface area (Å²) in [6, 6.07) is 0.711. The molecule has 0 amide bonds. The standard InChI is InChI=1S/C11H21N3O/c1-5-10(7-15-4)13-8(2)11-6-12-14-9(11)3/h6,8,10,13H,5,7H2,1-4H3,(H,12,14). The summed E-state index contributed by atoms with van der Waals surface area (Å²) in [6.45, 7) is 7.09. The summed E-state index contributed by atoms with van der Waals surface area (Å²) in [4.78, 5) is 0. The van der Waals surface area contributed by atoms with Gasteiger partial charge in [0.25, 0.3) is 0 Å². The third kappa shape index (κ3) is 3.32. The number of H-pyrrole nitrogens is 1. The van der Waals surface area contributed by atoms with Gasteiger partial charge in [0.15, 0.2) is 0 Å². The van der Waals surface area contributed by atoms with Crippen molar-refractivity contribution in [3.05, 3.63) is 17.5 Å². The van der Waals surface area contributed by atoms with Crippen LogP contribution in [0, 0.1) is 6.92 Å². The zero-order chi connectivity index (χ0) is 11.3. The minimum absolute atomic E-state index is 0.309. The third-order valence-corrected chi connectivity index (χ3v) is 2.68. The molecular formula is C11H21N3O. The lowest BCUT2D eigenvalue weighted by atomic mass is 10.1. The fraction of sp³-hybridized carbons (Fsp3) is 0.727. The third-order valence-electron chi connectivity index (χ3n) is 2.68. The highest BCUT2D eigenvalue weighted by atomic mass is 16.5. The van der Waals surface area contributed by atoms with Crippen molar-refractivity contribution >= 4 is 0 Å². The lowest BCUT2D eigenvalue weighted by Gasteiger charge is -2.21. The van der Waals surface area contributed by atoms with Gasteiger partial charge in [-0.1, -0.05) is 6.92 Å². The highest BCUT2D eigenvalue weighted by Crippen LogP contribution is 2.15. The normalized spacial score (nSPS) is 15.2. The van der Waals surface area contributed by atoms with E-state index in [4.69, 9.17) is 4.74 Å². The summed E-state index contributed by atoms with van der Waals surface area (Å²) in [6.07, 6.45) is 2.95. The molecule has 0 aliphatic rings. The number of aryl methyl sites for hydroxylation is 1. The van der Waals surface area contributed by atoms with Crippen molar-refractivity contribution in [1.29, 1.82) is 0 Å². The van der Waals surface area contributed by atoms with Crippen LogP contribution in [0.1, 0.15) is 37.6 Å². The Labute approximate surface area is 91.4 Å². The maximum atomic E-state index is 5.16. The monoisotopic (exact) mass is 211 g/mol. The van der Waals surface area contributed by atoms with Crippen molar-refractivity contribution in [2.45, 2.75) is 39.3 Å². The summed E-state index contributed by atoms with van der Waals surface area (Å²) in [5.74, 6) is 0. The van der Waals surface area contributed by atoms with Crippen LogP contribution in [-0.4, -0.2) is 30.0 Å². The molecule has 0 aromatic carbocycles. The molecule has 4 heteroatoms. The number of nitrogens with zero attached hydrogens (tertiary/aromatic N) is 1. The van der Waals surface area contributed by atoms with Gasteiger partial charge in [-0.25, -0.2) is 0 Å². The van der Waals surface area contributed by atoms with Gasteiger partial charge in [-0.3, -0.25) is 5.10 Å². The lowest BCUT2D eigenvalue weighted by Crippen LogP contribution is -2.34. The molecule has 1 aromatic heterocycles. The van der Waals surface area contributed by atoms with Crippen LogP contribution in [0.4, 0.5) is 0 Å². The van der Waals surface area contributed by atoms with Gasteiger partial charge < -0.3 is 10.1 Å². The van der Waals surface area contributed by atoms with E-state index in [9.17, 15) is 0 Å². The lowest BCUT2D eigenvalue weighted by molar-refractivity contribution is 0.159. The molecule has 2 unspecified atom stereocenters. The number of rotatable bonds is 6. The Bertz CT molecular complexity index is 285. The van der Waals surface area contributed by atoms with Crippen LogP contribution in [0.3, 0.4) is 0 Å². The zero-order valence-corrected chi connectivity index (χ0v) is 10.0. The highest BCUT2D eigenvalue weighted by molar-refractivity contribution is 5.18. The Morgan fingerprint density at radius 3 is 2.80 bits per heavy atom. The molecule has 4 nitrogen and oxygen atoms in total. The van der Waals surface area contributed by atoms with Gasteiger partial charge in [-0.2, -0.15) is 5.10 Å². The predicted octanol–water partition coefficient (Wildman–Crippen LogP) is 1.79. The maximum Gasteiger partial charge on any atom is 0.0615 e. The minimum atomic E-state index is 0.309. The molecule has 0 radical (unpaired) electrons. The van der Waals surface area contributed by atoms with E-state index >= 15 is 0 Å². The molecular weight excluding hydrogens is 190 g/mol. The Balaban J connectivity index is 2.54. The smallest absolute Gasteiger partial charge is 0.0615 e. The van der Waals surface area contributed by atoms with Crippen molar-refractivity contribution in [1.82, 2.24) is 15.5 Å². The fourth-order valence-corrected chi connectivity index (χ4v) is 1.72. The van der Waals surface area contributed by atoms with E-state index in [0.717, 1.165) is 18.7 Å². The van der Waals surface area contributed by atoms with Gasteiger partial charge in [0.05, 0.1) is 12.8 Å². The molecule has 0 bridgehead atoms. The number of methoxy groups -OCH3 is 1. The number of aromatic nitrogens is 2. The van der Waals surface area contributed by atoms with E-state index in [2.05, 4.69) is 29.4 Å². The van der Waals surface area contributed by atoms with Crippen LogP contribution in [0.15, 0.2) is 6.20 Å². The van der Waals surface area contributed by atoms with E-state index in [1.54, 1.807) is 7.11 Å². The van der Waals surface area contributed by atoms with Gasteiger partial charge in [0, 0.05) is 30.5 Å². The molecule has 1 rings (SSSR count). The first-order valence-electron chi connectivity index (χ1n) is 5.43. The Morgan fingerprint density at radius 1 is 1.60 bits per heavy atom. The summed E-state index contributed by atoms with van der Waals surface area (Å²) in [5.41, 5.74) is 2.35. The second-order valence-electron chi connectivity index (χ2n) is 3.90. The molecule has 0 saturated carbocycles. The molecule has 86 valence electrons. The summed E-state index contributed by atoms with van der Waals surface area (Å²) in [7, 11) is 1.73. The molecule has 1 heterocycles. The maximum absolute atomic E-state index is 5.16. The molecule has 1 aromatic rings. The molecule has 0 aliphatic carbocycles. The summed E-state index contributed by atoms with van der Waals surface area (Å²) >= 11 is 0. The first-order valence-corrected chi connectivity index (χ1v) is 5.43. The molecule has 0 fully saturated rings. The van der Waals surface area contributed by atoms with Crippen LogP contribution in [0.5, 0.6) is 0 Å². The molecule has 2 N–H and O–H groups in total. The van der Waals surface area contributed by atoms with E-state index < -0.39 is 0 Å². The first kappa shape index (κ1) is 12.2. The quantitative estimate of drug-likeness (QED) is 0.754. The van der Waals surface area contributed by atoms with Crippen molar-refractivity contribution in [2.75, 3.05) is 13.7 Å². The summed E-state index contributed by atoms with van der Waals surface area (Å²) in [5, 5.41) is 10.5. The molecule has 0 aliphatic heterocycles. The van der Waals surface area contributed by atoms with Crippen LogP contribution >= 0.6 is 0 Å². The van der Waals surface area contributed by atoms with E-state index in [0.29, 0.717) is 12.1 Å². The topological polar surface area (TPSA) is 49.9 Å². The predicted molar refractivity (Wildman–Crippen MR) is 60.8 cm³/mol. The second-order valence-corrected chi connectivity index (χ2v) is 3.90. The number of nitrogens with one attached hydrogen (secondary N) is 2. The minimum Gasteiger partial charge on any atom is -0.383 e. The van der Waals surface area contributed by atoms with Gasteiger partial charge in [-0.05, 0) is 20.3 Å². The molecule has 0 saturated heterocycles. The van der Waals surface area contributed by atoms with Gasteiger partial charge in [0.2, 0.25) is 0 Å². The average molecular weight is 211 g/mol. The first-order chi connectivity index (χ1) is 7.19. The van der Waals surface area contributed by atoms with Crippen LogP contribution in [-0.2, 0) is 4.74 Å². The van der Waals surface area contributed by atoms with Crippen molar-refractivity contribution < 1.29 is 4.74 Å². The Hall–Kier alpha value is -0.870. The van der Waals surface area contributed by atoms with Crippen LogP contribution < -0.4 is 5.32 Å². The number of aromatic amines is 1. The van der Waals surface area contributed by atoms with Gasteiger partial charge in [-0.15, -0.1) is 0 Å². The zero-order valence-electron chi connectivity index (χ0n) is 10.0. The molecule has 0 spiro atoms. The number of hydrogen-bond acceptors (Lipinski definition) is 3. The number of hydrogen-bond donors (Lipinski definition) is 2. The Morgan fingerprint density at radius 2 is 2.33 bits per heavy atom. The van der Waals surface area contributed by atoms with Crippen molar-refractivity contribution in [3.63, 3.8) is 0 Å². The van der Waals surface area contributed by atoms with Crippen LogP contribution in [0.2, 0.25) is 0 Å². The SMILES string of the molecule is CCC(COC)NC(C)c1cn[nH]c1C. The molecule has 2 atom stereocenters. The highest BCUT2D eigenvalue weighted by Gasteiger charge is 2.14. The summed E-state index contributed by atoms with van der Waals surface area (Å²) < 4.78 is 5.16. The van der Waals surface area contributed by atoms with Crippen LogP contribution in [0.25, 0.3) is 0 Å². The number of ether oxygens (including phenoxy) is 1. The second kappa shape index (κ2) is 5.88. The van der Waals surface area contributed by atoms with E-state index in [-0.39, 0.29) is 0 Å². The Kier molecular flexibility index (Phi) is 4.78. The fourth-order valence-electron chi connectivity index (χ4n) is 1.72. The van der Waals surface area contributed by atoms with E-state index in [1.165, 1.54) is 5.56 Å². The molecule has 15 heavy (non-hydrogen) atoms. The average Bonchev–Trinajstić information content (AvgIpc) is 2.63. The van der Waals surface area contributed by atoms with E-state index in [1.807, 2.05) is 13.1 Å².